The summed E-state index contributed by atoms with van der Waals surface area (Å²) in [4.78, 5) is 44.0. The summed E-state index contributed by atoms with van der Waals surface area (Å²) in [7, 11) is 1.42. The highest BCUT2D eigenvalue weighted by Gasteiger charge is 2.38. The Morgan fingerprint density at radius 3 is 2.33 bits per heavy atom. The van der Waals surface area contributed by atoms with Crippen molar-refractivity contribution in [2.75, 3.05) is 32.1 Å². The lowest BCUT2D eigenvalue weighted by molar-refractivity contribution is -0.125. The van der Waals surface area contributed by atoms with Crippen molar-refractivity contribution < 1.29 is 29.1 Å². The molecule has 1 saturated heterocycles. The number of oxime groups is 1. The fourth-order valence-corrected chi connectivity index (χ4v) is 4.37. The van der Waals surface area contributed by atoms with Crippen LogP contribution in [0.5, 0.6) is 5.75 Å². The minimum Gasteiger partial charge on any atom is -0.491 e. The van der Waals surface area contributed by atoms with Crippen LogP contribution in [0.4, 0.5) is 5.69 Å². The van der Waals surface area contributed by atoms with Gasteiger partial charge >= 0.3 is 0 Å². The van der Waals surface area contributed by atoms with Gasteiger partial charge in [0.25, 0.3) is 5.91 Å². The van der Waals surface area contributed by atoms with Crippen LogP contribution in [0.3, 0.4) is 0 Å². The zero-order valence-corrected chi connectivity index (χ0v) is 22.4. The lowest BCUT2D eigenvalue weighted by atomic mass is 10.0. The van der Waals surface area contributed by atoms with E-state index in [4.69, 9.17) is 9.57 Å². The Bertz CT molecular complexity index is 1340. The molecule has 40 heavy (non-hydrogen) atoms. The molecule has 3 amide bonds. The molecule has 1 fully saturated rings. The van der Waals surface area contributed by atoms with Crippen LogP contribution in [0.25, 0.3) is 11.1 Å². The van der Waals surface area contributed by atoms with Gasteiger partial charge in [0.15, 0.2) is 0 Å². The fraction of sp³-hybridized carbons (Fsp3) is 0.267. The molecule has 1 heterocycles. The van der Waals surface area contributed by atoms with E-state index in [-0.39, 0.29) is 37.9 Å². The highest BCUT2D eigenvalue weighted by Crippen LogP contribution is 2.23. The molecule has 3 aromatic rings. The monoisotopic (exact) mass is 544 g/mol. The Morgan fingerprint density at radius 2 is 1.68 bits per heavy atom. The molecule has 1 unspecified atom stereocenters. The van der Waals surface area contributed by atoms with Gasteiger partial charge in [-0.3, -0.25) is 14.4 Å². The average molecular weight is 545 g/mol. The molecule has 0 saturated carbocycles. The summed E-state index contributed by atoms with van der Waals surface area (Å²) in [5.74, 6) is -0.378. The number of anilines is 1. The molecule has 0 radical (unpaired) electrons. The Balaban J connectivity index is 1.34. The minimum atomic E-state index is -0.984. The van der Waals surface area contributed by atoms with Crippen LogP contribution in [0, 0.1) is 0 Å². The largest absolute Gasteiger partial charge is 0.491 e. The van der Waals surface area contributed by atoms with Gasteiger partial charge in [-0.25, -0.2) is 0 Å². The molecule has 1 aliphatic rings. The molecule has 10 nitrogen and oxygen atoms in total. The lowest BCUT2D eigenvalue weighted by Gasteiger charge is -2.24. The highest BCUT2D eigenvalue weighted by molar-refractivity contribution is 6.05. The third-order valence-corrected chi connectivity index (χ3v) is 6.31. The maximum absolute atomic E-state index is 13.4. The van der Waals surface area contributed by atoms with Crippen molar-refractivity contribution in [3.8, 4) is 16.9 Å². The maximum Gasteiger partial charge on any atom is 0.254 e. The second-order valence-corrected chi connectivity index (χ2v) is 9.35. The summed E-state index contributed by atoms with van der Waals surface area (Å²) in [6, 6.07) is 23.0. The summed E-state index contributed by atoms with van der Waals surface area (Å²) in [6.07, 6.45) is -0.761. The lowest BCUT2D eigenvalue weighted by Crippen LogP contribution is -2.48. The predicted octanol–water partition coefficient (Wildman–Crippen LogP) is 3.09. The quantitative estimate of drug-likeness (QED) is 0.337. The summed E-state index contributed by atoms with van der Waals surface area (Å²) in [6.45, 7) is 1.46. The zero-order chi connectivity index (χ0) is 28.5. The van der Waals surface area contributed by atoms with Crippen LogP contribution in [0.2, 0.25) is 0 Å². The van der Waals surface area contributed by atoms with Crippen molar-refractivity contribution in [1.29, 1.82) is 0 Å². The molecule has 1 aliphatic heterocycles. The topological polar surface area (TPSA) is 130 Å². The van der Waals surface area contributed by atoms with Gasteiger partial charge in [0, 0.05) is 31.1 Å². The van der Waals surface area contributed by atoms with Crippen molar-refractivity contribution >= 4 is 29.1 Å². The Hall–Kier alpha value is -4.70. The van der Waals surface area contributed by atoms with E-state index < -0.39 is 18.1 Å². The molecule has 0 bridgehead atoms. The number of amides is 3. The highest BCUT2D eigenvalue weighted by atomic mass is 16.6. The first-order valence-corrected chi connectivity index (χ1v) is 12.9. The van der Waals surface area contributed by atoms with Gasteiger partial charge in [-0.1, -0.05) is 47.6 Å². The Labute approximate surface area is 232 Å². The van der Waals surface area contributed by atoms with E-state index in [1.807, 2.05) is 42.5 Å². The number of nitrogens with one attached hydrogen (secondary N) is 2. The maximum atomic E-state index is 13.4. The number of nitrogens with zero attached hydrogens (tertiary/aromatic N) is 2. The second-order valence-electron chi connectivity index (χ2n) is 9.35. The average Bonchev–Trinajstić information content (AvgIpc) is 3.39. The molecule has 0 aliphatic carbocycles. The number of hydrogen-bond acceptors (Lipinski definition) is 7. The summed E-state index contributed by atoms with van der Waals surface area (Å²) < 4.78 is 5.58. The standard InChI is InChI=1S/C30H32N4O6/c1-20(35)32-24-12-14-27(15-13-24)40-19-26(36)17-31-29(37)28-16-25(33-39-2)18-34(28)30(38)23-10-8-22(9-11-23)21-6-4-3-5-7-21/h3-15,26,28,36H,16-19H2,1-2H3,(H,31,37)(H,32,35)/t26?,28-/m0/s1. The van der Waals surface area contributed by atoms with Gasteiger partial charge in [0.1, 0.15) is 31.6 Å². The SMILES string of the molecule is CON=C1C[C@@H](C(=O)NCC(O)COc2ccc(NC(C)=O)cc2)N(C(=O)c2ccc(-c3ccccc3)cc2)C1. The van der Waals surface area contributed by atoms with E-state index in [9.17, 15) is 19.5 Å². The summed E-state index contributed by atoms with van der Waals surface area (Å²) >= 11 is 0. The number of aliphatic hydroxyl groups excluding tert-OH is 1. The molecule has 0 spiro atoms. The first kappa shape index (κ1) is 28.3. The number of likely N-dealkylation sites (tertiary alicyclic amines) is 1. The smallest absolute Gasteiger partial charge is 0.254 e. The Kier molecular flexibility index (Phi) is 9.48. The van der Waals surface area contributed by atoms with Gasteiger partial charge in [0.2, 0.25) is 11.8 Å². The van der Waals surface area contributed by atoms with Gasteiger partial charge in [-0.05, 0) is 47.5 Å². The van der Waals surface area contributed by atoms with Gasteiger partial charge < -0.3 is 30.2 Å². The molecule has 2 atom stereocenters. The predicted molar refractivity (Wildman–Crippen MR) is 151 cm³/mol. The first-order chi connectivity index (χ1) is 19.3. The molecule has 4 rings (SSSR count). The second kappa shape index (κ2) is 13.4. The molecule has 208 valence electrons. The van der Waals surface area contributed by atoms with Gasteiger partial charge in [0.05, 0.1) is 12.3 Å². The number of carbonyl (C=O) groups excluding carboxylic acids is 3. The third-order valence-electron chi connectivity index (χ3n) is 6.31. The van der Waals surface area contributed by atoms with Crippen LogP contribution in [0.15, 0.2) is 84.0 Å². The van der Waals surface area contributed by atoms with E-state index in [1.165, 1.54) is 18.9 Å². The number of ether oxygens (including phenoxy) is 1. The van der Waals surface area contributed by atoms with Crippen molar-refractivity contribution in [3.63, 3.8) is 0 Å². The number of rotatable bonds is 10. The van der Waals surface area contributed by atoms with Gasteiger partial charge in [-0.2, -0.15) is 0 Å². The number of benzene rings is 3. The van der Waals surface area contributed by atoms with Gasteiger partial charge in [-0.15, -0.1) is 0 Å². The normalized spacial score (nSPS) is 16.3. The first-order valence-electron chi connectivity index (χ1n) is 12.9. The van der Waals surface area contributed by atoms with Crippen molar-refractivity contribution in [3.05, 3.63) is 84.4 Å². The molecule has 3 aromatic carbocycles. The third kappa shape index (κ3) is 7.45. The van der Waals surface area contributed by atoms with Crippen molar-refractivity contribution in [1.82, 2.24) is 10.2 Å². The van der Waals surface area contributed by atoms with E-state index in [0.29, 0.717) is 22.7 Å². The van der Waals surface area contributed by atoms with E-state index in [2.05, 4.69) is 15.8 Å². The van der Waals surface area contributed by atoms with Crippen LogP contribution in [-0.2, 0) is 14.4 Å². The molecule has 3 N–H and O–H groups in total. The number of carbonyl (C=O) groups is 3. The van der Waals surface area contributed by atoms with Crippen LogP contribution < -0.4 is 15.4 Å². The molecule has 10 heteroatoms. The Morgan fingerprint density at radius 1 is 1.00 bits per heavy atom. The summed E-state index contributed by atoms with van der Waals surface area (Å²) in [5, 5.41) is 19.7. The van der Waals surface area contributed by atoms with E-state index in [0.717, 1.165) is 11.1 Å². The molecular formula is C30H32N4O6. The van der Waals surface area contributed by atoms with Crippen LogP contribution >= 0.6 is 0 Å². The molecular weight excluding hydrogens is 512 g/mol. The summed E-state index contributed by atoms with van der Waals surface area (Å²) in [5.41, 5.74) is 3.68. The van der Waals surface area contributed by atoms with Crippen molar-refractivity contribution in [2.45, 2.75) is 25.5 Å². The minimum absolute atomic E-state index is 0.0583. The van der Waals surface area contributed by atoms with E-state index in [1.54, 1.807) is 36.4 Å². The van der Waals surface area contributed by atoms with Crippen molar-refractivity contribution in [2.24, 2.45) is 5.16 Å². The fourth-order valence-electron chi connectivity index (χ4n) is 4.37. The van der Waals surface area contributed by atoms with Crippen LogP contribution in [0.1, 0.15) is 23.7 Å². The number of hydrogen-bond donors (Lipinski definition) is 3. The molecule has 0 aromatic heterocycles. The zero-order valence-electron chi connectivity index (χ0n) is 22.4. The van der Waals surface area contributed by atoms with E-state index >= 15 is 0 Å². The number of aliphatic hydroxyl groups is 1. The van der Waals surface area contributed by atoms with Crippen LogP contribution in [-0.4, -0.2) is 72.4 Å².